The highest BCUT2D eigenvalue weighted by Gasteiger charge is 1.98. The van der Waals surface area contributed by atoms with Gasteiger partial charge in [0.2, 0.25) is 0 Å². The van der Waals surface area contributed by atoms with Crippen LogP contribution in [0.5, 0.6) is 0 Å². The molecule has 0 aliphatic heterocycles. The average molecular weight is 216 g/mol. The molecule has 2 rings (SSSR count). The number of fused-ring (bicyclic) bond motifs is 1. The number of hydrogen-bond acceptors (Lipinski definition) is 3. The number of anilines is 1. The number of pyridine rings is 1. The van der Waals surface area contributed by atoms with Crippen LogP contribution in [0.4, 0.5) is 5.82 Å². The third kappa shape index (κ3) is 2.70. The molecule has 84 valence electrons. The molecule has 16 heavy (non-hydrogen) atoms. The van der Waals surface area contributed by atoms with Gasteiger partial charge in [-0.1, -0.05) is 18.2 Å². The fourth-order valence-electron chi connectivity index (χ4n) is 1.57. The van der Waals surface area contributed by atoms with Crippen LogP contribution >= 0.6 is 0 Å². The minimum atomic E-state index is -0.270. The fourth-order valence-corrected chi connectivity index (χ4v) is 1.57. The second-order valence-electron chi connectivity index (χ2n) is 3.95. The smallest absolute Gasteiger partial charge is 0.126 e. The van der Waals surface area contributed by atoms with Crippen molar-refractivity contribution in [1.82, 2.24) is 4.98 Å². The van der Waals surface area contributed by atoms with Gasteiger partial charge in [0.25, 0.3) is 0 Å². The minimum absolute atomic E-state index is 0.270. The Balaban J connectivity index is 2.08. The molecule has 0 amide bonds. The largest absolute Gasteiger partial charge is 0.393 e. The van der Waals surface area contributed by atoms with E-state index in [1.807, 2.05) is 36.4 Å². The van der Waals surface area contributed by atoms with Crippen LogP contribution in [0, 0.1) is 0 Å². The number of rotatable bonds is 4. The third-order valence-corrected chi connectivity index (χ3v) is 2.47. The van der Waals surface area contributed by atoms with E-state index in [0.29, 0.717) is 0 Å². The average Bonchev–Trinajstić information content (AvgIpc) is 2.28. The molecule has 0 saturated heterocycles. The molecular formula is C13H16N2O. The lowest BCUT2D eigenvalue weighted by molar-refractivity contribution is 0.188. The van der Waals surface area contributed by atoms with Gasteiger partial charge in [-0.15, -0.1) is 0 Å². The molecule has 1 aromatic heterocycles. The summed E-state index contributed by atoms with van der Waals surface area (Å²) >= 11 is 0. The molecule has 0 spiro atoms. The molecule has 1 unspecified atom stereocenters. The van der Waals surface area contributed by atoms with Crippen LogP contribution in [0.25, 0.3) is 10.9 Å². The topological polar surface area (TPSA) is 45.1 Å². The lowest BCUT2D eigenvalue weighted by Gasteiger charge is -2.07. The Morgan fingerprint density at radius 3 is 2.88 bits per heavy atom. The molecule has 0 saturated carbocycles. The number of nitrogens with one attached hydrogen (secondary N) is 1. The molecule has 0 bridgehead atoms. The maximum atomic E-state index is 9.14. The zero-order valence-electron chi connectivity index (χ0n) is 9.35. The van der Waals surface area contributed by atoms with Crippen molar-refractivity contribution < 1.29 is 5.11 Å². The van der Waals surface area contributed by atoms with Crippen LogP contribution in [0.15, 0.2) is 36.4 Å². The van der Waals surface area contributed by atoms with Gasteiger partial charge in [-0.3, -0.25) is 0 Å². The van der Waals surface area contributed by atoms with Gasteiger partial charge < -0.3 is 10.4 Å². The van der Waals surface area contributed by atoms with Gasteiger partial charge in [0.15, 0.2) is 0 Å². The molecule has 1 atom stereocenters. The first-order valence-electron chi connectivity index (χ1n) is 5.53. The third-order valence-electron chi connectivity index (χ3n) is 2.47. The van der Waals surface area contributed by atoms with E-state index in [1.54, 1.807) is 6.92 Å². The van der Waals surface area contributed by atoms with Crippen molar-refractivity contribution in [2.45, 2.75) is 19.4 Å². The number of para-hydroxylation sites is 1. The summed E-state index contributed by atoms with van der Waals surface area (Å²) in [6, 6.07) is 12.0. The number of aliphatic hydroxyl groups is 1. The number of benzene rings is 1. The Labute approximate surface area is 95.1 Å². The zero-order chi connectivity index (χ0) is 11.4. The Bertz CT molecular complexity index is 468. The summed E-state index contributed by atoms with van der Waals surface area (Å²) in [6.07, 6.45) is 0.460. The Hall–Kier alpha value is -1.61. The first-order chi connectivity index (χ1) is 7.75. The highest BCUT2D eigenvalue weighted by Crippen LogP contribution is 2.14. The first kappa shape index (κ1) is 10.9. The van der Waals surface area contributed by atoms with Crippen molar-refractivity contribution in [2.24, 2.45) is 0 Å². The molecule has 0 radical (unpaired) electrons. The maximum Gasteiger partial charge on any atom is 0.126 e. The second kappa shape index (κ2) is 4.94. The van der Waals surface area contributed by atoms with Crippen LogP contribution in [0.1, 0.15) is 13.3 Å². The van der Waals surface area contributed by atoms with Gasteiger partial charge in [0.05, 0.1) is 11.6 Å². The molecule has 2 N–H and O–H groups in total. The molecular weight excluding hydrogens is 200 g/mol. The summed E-state index contributed by atoms with van der Waals surface area (Å²) in [5.74, 6) is 0.861. The van der Waals surface area contributed by atoms with Crippen LogP contribution in [0.3, 0.4) is 0 Å². The van der Waals surface area contributed by atoms with Gasteiger partial charge in [0, 0.05) is 11.9 Å². The van der Waals surface area contributed by atoms with E-state index in [1.165, 1.54) is 0 Å². The quantitative estimate of drug-likeness (QED) is 0.825. The van der Waals surface area contributed by atoms with Crippen molar-refractivity contribution in [2.75, 3.05) is 11.9 Å². The Morgan fingerprint density at radius 2 is 2.06 bits per heavy atom. The predicted molar refractivity (Wildman–Crippen MR) is 66.5 cm³/mol. The summed E-state index contributed by atoms with van der Waals surface area (Å²) in [4.78, 5) is 4.48. The molecule has 3 heteroatoms. The predicted octanol–water partition coefficient (Wildman–Crippen LogP) is 2.42. The van der Waals surface area contributed by atoms with Crippen LogP contribution < -0.4 is 5.32 Å². The Kier molecular flexibility index (Phi) is 3.37. The maximum absolute atomic E-state index is 9.14. The highest BCUT2D eigenvalue weighted by molar-refractivity contribution is 5.79. The van der Waals surface area contributed by atoms with Gasteiger partial charge in [-0.2, -0.15) is 0 Å². The van der Waals surface area contributed by atoms with E-state index in [4.69, 9.17) is 5.11 Å². The zero-order valence-corrected chi connectivity index (χ0v) is 9.35. The van der Waals surface area contributed by atoms with E-state index in [0.717, 1.165) is 29.7 Å². The number of aromatic nitrogens is 1. The number of aliphatic hydroxyl groups excluding tert-OH is 1. The Morgan fingerprint density at radius 1 is 1.25 bits per heavy atom. The first-order valence-corrected chi connectivity index (χ1v) is 5.53. The van der Waals surface area contributed by atoms with Crippen molar-refractivity contribution in [1.29, 1.82) is 0 Å². The highest BCUT2D eigenvalue weighted by atomic mass is 16.3. The van der Waals surface area contributed by atoms with E-state index >= 15 is 0 Å². The van der Waals surface area contributed by atoms with Gasteiger partial charge in [-0.25, -0.2) is 4.98 Å². The van der Waals surface area contributed by atoms with Crippen molar-refractivity contribution in [3.05, 3.63) is 36.4 Å². The molecule has 1 aromatic carbocycles. The summed E-state index contributed by atoms with van der Waals surface area (Å²) < 4.78 is 0. The lowest BCUT2D eigenvalue weighted by atomic mass is 10.2. The van der Waals surface area contributed by atoms with Crippen LogP contribution in [-0.4, -0.2) is 22.7 Å². The summed E-state index contributed by atoms with van der Waals surface area (Å²) in [7, 11) is 0. The van der Waals surface area contributed by atoms with Crippen LogP contribution in [-0.2, 0) is 0 Å². The van der Waals surface area contributed by atoms with E-state index in [2.05, 4.69) is 10.3 Å². The monoisotopic (exact) mass is 216 g/mol. The van der Waals surface area contributed by atoms with Crippen molar-refractivity contribution in [3.63, 3.8) is 0 Å². The molecule has 0 aliphatic rings. The number of nitrogens with zero attached hydrogens (tertiary/aromatic N) is 1. The normalized spacial score (nSPS) is 12.6. The molecule has 1 heterocycles. The van der Waals surface area contributed by atoms with E-state index < -0.39 is 0 Å². The summed E-state index contributed by atoms with van der Waals surface area (Å²) in [5.41, 5.74) is 0.990. The molecule has 0 aliphatic carbocycles. The number of hydrogen-bond donors (Lipinski definition) is 2. The second-order valence-corrected chi connectivity index (χ2v) is 3.95. The lowest BCUT2D eigenvalue weighted by Crippen LogP contribution is -2.10. The van der Waals surface area contributed by atoms with Crippen molar-refractivity contribution in [3.8, 4) is 0 Å². The molecule has 2 aromatic rings. The van der Waals surface area contributed by atoms with Crippen molar-refractivity contribution >= 4 is 16.7 Å². The molecule has 3 nitrogen and oxygen atoms in total. The summed E-state index contributed by atoms with van der Waals surface area (Å²) in [5, 5.41) is 13.5. The minimum Gasteiger partial charge on any atom is -0.393 e. The van der Waals surface area contributed by atoms with Gasteiger partial charge >= 0.3 is 0 Å². The van der Waals surface area contributed by atoms with E-state index in [9.17, 15) is 0 Å². The van der Waals surface area contributed by atoms with Crippen LogP contribution in [0.2, 0.25) is 0 Å². The summed E-state index contributed by atoms with van der Waals surface area (Å²) in [6.45, 7) is 2.53. The molecule has 0 fully saturated rings. The fraction of sp³-hybridized carbons (Fsp3) is 0.308. The standard InChI is InChI=1S/C13H16N2O/c1-10(16)8-9-14-13-7-6-11-4-2-3-5-12(11)15-13/h2-7,10,16H,8-9H2,1H3,(H,14,15). The van der Waals surface area contributed by atoms with Gasteiger partial charge in [-0.05, 0) is 31.5 Å². The van der Waals surface area contributed by atoms with E-state index in [-0.39, 0.29) is 6.10 Å². The SMILES string of the molecule is CC(O)CCNc1ccc2ccccc2n1. The van der Waals surface area contributed by atoms with Gasteiger partial charge in [0.1, 0.15) is 5.82 Å².